The van der Waals surface area contributed by atoms with Gasteiger partial charge in [-0.2, -0.15) is 0 Å². The van der Waals surface area contributed by atoms with Crippen LogP contribution in [0.3, 0.4) is 0 Å². The molecule has 0 aliphatic heterocycles. The Balaban J connectivity index is 1.98. The van der Waals surface area contributed by atoms with E-state index in [1.807, 2.05) is 0 Å². The topological polar surface area (TPSA) is 0 Å². The lowest BCUT2D eigenvalue weighted by atomic mass is 9.54. The summed E-state index contributed by atoms with van der Waals surface area (Å²) in [5.74, 6) is 3.37. The number of alkyl halides is 1. The van der Waals surface area contributed by atoms with Crippen LogP contribution >= 0.6 is 11.6 Å². The highest BCUT2D eigenvalue weighted by atomic mass is 35.5. The Morgan fingerprint density at radius 2 is 2.00 bits per heavy atom. The van der Waals surface area contributed by atoms with Crippen LogP contribution in [0.15, 0.2) is 12.2 Å². The lowest BCUT2D eigenvalue weighted by Gasteiger charge is -2.53. The van der Waals surface area contributed by atoms with Crippen molar-refractivity contribution in [3.05, 3.63) is 12.2 Å². The van der Waals surface area contributed by atoms with Crippen LogP contribution in [-0.2, 0) is 0 Å². The van der Waals surface area contributed by atoms with Crippen LogP contribution in [0.5, 0.6) is 0 Å². The third kappa shape index (κ3) is 0.797. The smallest absolute Gasteiger partial charge is 0.0429 e. The van der Waals surface area contributed by atoms with Gasteiger partial charge in [-0.15, -0.1) is 11.6 Å². The SMILES string of the molecule is C=C1[C@H]2C[C@H]3C[C@H](C2)[C@H](Cl)[C@@H]1C3. The second-order valence-electron chi connectivity index (χ2n) is 4.89. The molecule has 1 heteroatoms. The van der Waals surface area contributed by atoms with E-state index in [-0.39, 0.29) is 0 Å². The van der Waals surface area contributed by atoms with Gasteiger partial charge in [0.05, 0.1) is 0 Å². The fraction of sp³-hybridized carbons (Fsp3) is 0.818. The van der Waals surface area contributed by atoms with Crippen LogP contribution in [0.25, 0.3) is 0 Å². The highest BCUT2D eigenvalue weighted by Gasteiger charge is 2.49. The molecule has 0 amide bonds. The number of allylic oxidation sites excluding steroid dienone is 1. The number of rotatable bonds is 0. The van der Waals surface area contributed by atoms with Crippen molar-refractivity contribution in [3.8, 4) is 0 Å². The lowest BCUT2D eigenvalue weighted by Crippen LogP contribution is -2.47. The molecule has 0 N–H and O–H groups in total. The first-order chi connectivity index (χ1) is 5.75. The van der Waals surface area contributed by atoms with Crippen LogP contribution in [0.2, 0.25) is 0 Å². The predicted octanol–water partition coefficient (Wildman–Crippen LogP) is 3.22. The van der Waals surface area contributed by atoms with E-state index >= 15 is 0 Å². The minimum atomic E-state index is 0.435. The van der Waals surface area contributed by atoms with Gasteiger partial charge in [-0.3, -0.25) is 0 Å². The zero-order chi connectivity index (χ0) is 8.29. The van der Waals surface area contributed by atoms with Gasteiger partial charge in [0.25, 0.3) is 0 Å². The summed E-state index contributed by atoms with van der Waals surface area (Å²) in [5, 5.41) is 0.435. The van der Waals surface area contributed by atoms with Crippen LogP contribution < -0.4 is 0 Å². The van der Waals surface area contributed by atoms with Crippen molar-refractivity contribution in [2.45, 2.75) is 31.1 Å². The van der Waals surface area contributed by atoms with Gasteiger partial charge in [0.1, 0.15) is 0 Å². The summed E-state index contributed by atoms with van der Waals surface area (Å²) >= 11 is 6.40. The molecule has 4 bridgehead atoms. The summed E-state index contributed by atoms with van der Waals surface area (Å²) in [5.41, 5.74) is 1.49. The van der Waals surface area contributed by atoms with Crippen LogP contribution in [0, 0.1) is 23.7 Å². The first kappa shape index (κ1) is 7.44. The largest absolute Gasteiger partial charge is 0.122 e. The molecule has 4 saturated carbocycles. The first-order valence-corrected chi connectivity index (χ1v) is 5.52. The number of halogens is 1. The maximum atomic E-state index is 6.40. The van der Waals surface area contributed by atoms with Gasteiger partial charge in [-0.1, -0.05) is 12.2 Å². The standard InChI is InChI=1S/C11H15Cl/c1-6-8-2-7-3-9(5-8)11(12)10(6)4-7/h7-11H,1-5H2/t7-,8-,9+,10+,11-/m0/s1. The van der Waals surface area contributed by atoms with Gasteiger partial charge in [0, 0.05) is 5.38 Å². The van der Waals surface area contributed by atoms with E-state index in [1.54, 1.807) is 0 Å². The molecule has 4 aliphatic rings. The third-order valence-electron chi connectivity index (χ3n) is 4.26. The molecule has 66 valence electrons. The second kappa shape index (κ2) is 2.29. The van der Waals surface area contributed by atoms with Crippen molar-refractivity contribution in [1.82, 2.24) is 0 Å². The Morgan fingerprint density at radius 1 is 1.17 bits per heavy atom. The van der Waals surface area contributed by atoms with Crippen molar-refractivity contribution >= 4 is 11.6 Å². The molecule has 0 spiro atoms. The summed E-state index contributed by atoms with van der Waals surface area (Å²) in [6.07, 6.45) is 5.53. The molecule has 4 rings (SSSR count). The Labute approximate surface area is 79.0 Å². The number of hydrogen-bond donors (Lipinski definition) is 0. The third-order valence-corrected chi connectivity index (χ3v) is 4.92. The van der Waals surface area contributed by atoms with Crippen molar-refractivity contribution in [2.24, 2.45) is 23.7 Å². The van der Waals surface area contributed by atoms with Crippen LogP contribution in [0.1, 0.15) is 25.7 Å². The summed E-state index contributed by atoms with van der Waals surface area (Å²) in [6.45, 7) is 4.22. The molecule has 0 radical (unpaired) electrons. The zero-order valence-corrected chi connectivity index (χ0v) is 8.06. The normalized spacial score (nSPS) is 56.4. The monoisotopic (exact) mass is 182 g/mol. The molecule has 0 saturated heterocycles. The quantitative estimate of drug-likeness (QED) is 0.399. The molecular weight excluding hydrogens is 168 g/mol. The molecule has 5 atom stereocenters. The Morgan fingerprint density at radius 3 is 2.83 bits per heavy atom. The Hall–Kier alpha value is 0.0300. The second-order valence-corrected chi connectivity index (χ2v) is 5.40. The van der Waals surface area contributed by atoms with Gasteiger partial charge in [-0.25, -0.2) is 0 Å². The molecule has 0 heterocycles. The van der Waals surface area contributed by atoms with E-state index in [9.17, 15) is 0 Å². The molecule has 4 aliphatic carbocycles. The highest BCUT2D eigenvalue weighted by Crippen LogP contribution is 2.57. The molecule has 0 unspecified atom stereocenters. The van der Waals surface area contributed by atoms with Crippen LogP contribution in [-0.4, -0.2) is 5.38 Å². The first-order valence-electron chi connectivity index (χ1n) is 5.08. The van der Waals surface area contributed by atoms with E-state index in [4.69, 9.17) is 11.6 Å². The average Bonchev–Trinajstić information content (AvgIpc) is 2.07. The minimum absolute atomic E-state index is 0.435. The zero-order valence-electron chi connectivity index (χ0n) is 7.30. The predicted molar refractivity (Wildman–Crippen MR) is 51.2 cm³/mol. The maximum absolute atomic E-state index is 6.40. The summed E-state index contributed by atoms with van der Waals surface area (Å²) in [6, 6.07) is 0. The number of hydrogen-bond acceptors (Lipinski definition) is 0. The van der Waals surface area contributed by atoms with E-state index in [2.05, 4.69) is 6.58 Å². The van der Waals surface area contributed by atoms with E-state index in [0.717, 1.165) is 17.8 Å². The van der Waals surface area contributed by atoms with Crippen LogP contribution in [0.4, 0.5) is 0 Å². The van der Waals surface area contributed by atoms with Gasteiger partial charge < -0.3 is 0 Å². The Bertz CT molecular complexity index is 233. The summed E-state index contributed by atoms with van der Waals surface area (Å²) in [4.78, 5) is 0. The van der Waals surface area contributed by atoms with Gasteiger partial charge in [0.2, 0.25) is 0 Å². The Kier molecular flexibility index (Phi) is 1.42. The molecule has 0 aromatic carbocycles. The van der Waals surface area contributed by atoms with E-state index in [0.29, 0.717) is 11.3 Å². The van der Waals surface area contributed by atoms with Gasteiger partial charge >= 0.3 is 0 Å². The molecule has 4 fully saturated rings. The van der Waals surface area contributed by atoms with Crippen molar-refractivity contribution < 1.29 is 0 Å². The van der Waals surface area contributed by atoms with Crippen molar-refractivity contribution in [3.63, 3.8) is 0 Å². The van der Waals surface area contributed by atoms with E-state index < -0.39 is 0 Å². The molecule has 0 aromatic rings. The molecule has 12 heavy (non-hydrogen) atoms. The lowest BCUT2D eigenvalue weighted by molar-refractivity contribution is 0.0749. The van der Waals surface area contributed by atoms with Gasteiger partial charge in [0.15, 0.2) is 0 Å². The van der Waals surface area contributed by atoms with Crippen molar-refractivity contribution in [2.75, 3.05) is 0 Å². The minimum Gasteiger partial charge on any atom is -0.122 e. The van der Waals surface area contributed by atoms with Gasteiger partial charge in [-0.05, 0) is 49.4 Å². The maximum Gasteiger partial charge on any atom is 0.0429 e. The van der Waals surface area contributed by atoms with Crippen molar-refractivity contribution in [1.29, 1.82) is 0 Å². The molecule has 0 nitrogen and oxygen atoms in total. The summed E-state index contributed by atoms with van der Waals surface area (Å²) in [7, 11) is 0. The molecular formula is C11H15Cl. The summed E-state index contributed by atoms with van der Waals surface area (Å²) < 4.78 is 0. The van der Waals surface area contributed by atoms with E-state index in [1.165, 1.54) is 31.3 Å². The highest BCUT2D eigenvalue weighted by molar-refractivity contribution is 6.21. The fourth-order valence-corrected chi connectivity index (χ4v) is 4.19. The fourth-order valence-electron chi connectivity index (χ4n) is 3.72. The average molecular weight is 183 g/mol. The molecule has 0 aromatic heterocycles.